The second kappa shape index (κ2) is 2.65. The predicted molar refractivity (Wildman–Crippen MR) is 53.6 cm³/mol. The van der Waals surface area contributed by atoms with Crippen LogP contribution >= 0.6 is 0 Å². The highest BCUT2D eigenvalue weighted by molar-refractivity contribution is 5.72. The topological polar surface area (TPSA) is 55.1 Å². The molecule has 4 saturated carbocycles. The molecule has 0 aromatic carbocycles. The molecule has 0 aliphatic heterocycles. The van der Waals surface area contributed by atoms with E-state index in [0.29, 0.717) is 0 Å². The van der Waals surface area contributed by atoms with Crippen molar-refractivity contribution in [3.8, 4) is 0 Å². The first-order chi connectivity index (χ1) is 6.65. The molecule has 0 saturated heterocycles. The largest absolute Gasteiger partial charge is 0.352 e. The predicted octanol–water partition coefficient (Wildman–Crippen LogP) is 1.62. The summed E-state index contributed by atoms with van der Waals surface area (Å²) >= 11 is 0. The Kier molecular flexibility index (Phi) is 1.62. The lowest BCUT2D eigenvalue weighted by Crippen LogP contribution is -2.60. The quantitative estimate of drug-likeness (QED) is 0.655. The van der Waals surface area contributed by atoms with Crippen LogP contribution < -0.4 is 11.1 Å². The zero-order chi connectivity index (χ0) is 9.76. The monoisotopic (exact) mass is 194 g/mol. The molecule has 0 heterocycles. The summed E-state index contributed by atoms with van der Waals surface area (Å²) in [6, 6.07) is -0.327. The Morgan fingerprint density at radius 2 is 1.50 bits per heavy atom. The third-order valence-corrected chi connectivity index (χ3v) is 4.43. The Balaban J connectivity index is 1.83. The smallest absolute Gasteiger partial charge is 0.312 e. The number of rotatable bonds is 1. The second-order valence-corrected chi connectivity index (χ2v) is 5.69. The van der Waals surface area contributed by atoms with Crippen LogP contribution in [-0.4, -0.2) is 11.6 Å². The third-order valence-electron chi connectivity index (χ3n) is 4.43. The van der Waals surface area contributed by atoms with Crippen LogP contribution in [0.2, 0.25) is 0 Å². The van der Waals surface area contributed by atoms with Crippen molar-refractivity contribution in [2.75, 3.05) is 0 Å². The second-order valence-electron chi connectivity index (χ2n) is 5.69. The highest BCUT2D eigenvalue weighted by Gasteiger charge is 2.51. The molecule has 3 N–H and O–H groups in total. The molecule has 0 aromatic rings. The summed E-state index contributed by atoms with van der Waals surface area (Å²) in [5.74, 6) is 2.61. The van der Waals surface area contributed by atoms with E-state index in [2.05, 4.69) is 5.32 Å². The van der Waals surface area contributed by atoms with E-state index in [9.17, 15) is 4.79 Å². The fraction of sp³-hybridized carbons (Fsp3) is 0.909. The lowest BCUT2D eigenvalue weighted by atomic mass is 9.53. The van der Waals surface area contributed by atoms with Crippen LogP contribution in [0.1, 0.15) is 38.5 Å². The van der Waals surface area contributed by atoms with E-state index in [4.69, 9.17) is 5.73 Å². The fourth-order valence-corrected chi connectivity index (χ4v) is 4.53. The van der Waals surface area contributed by atoms with Gasteiger partial charge in [0.25, 0.3) is 0 Å². The molecule has 4 fully saturated rings. The summed E-state index contributed by atoms with van der Waals surface area (Å²) in [7, 11) is 0. The number of urea groups is 1. The maximum Gasteiger partial charge on any atom is 0.312 e. The van der Waals surface area contributed by atoms with Crippen LogP contribution in [0, 0.1) is 17.8 Å². The molecule has 4 bridgehead atoms. The van der Waals surface area contributed by atoms with Gasteiger partial charge in [0.15, 0.2) is 0 Å². The number of primary amides is 1. The summed E-state index contributed by atoms with van der Waals surface area (Å²) in [6.45, 7) is 0. The first kappa shape index (κ1) is 8.57. The van der Waals surface area contributed by atoms with Crippen LogP contribution in [0.25, 0.3) is 0 Å². The van der Waals surface area contributed by atoms with Gasteiger partial charge in [-0.1, -0.05) is 0 Å². The van der Waals surface area contributed by atoms with Gasteiger partial charge in [-0.25, -0.2) is 4.79 Å². The summed E-state index contributed by atoms with van der Waals surface area (Å²) in [5, 5.41) is 3.03. The van der Waals surface area contributed by atoms with Gasteiger partial charge >= 0.3 is 6.03 Å². The van der Waals surface area contributed by atoms with E-state index in [1.807, 2.05) is 0 Å². The van der Waals surface area contributed by atoms with Crippen LogP contribution in [0.3, 0.4) is 0 Å². The van der Waals surface area contributed by atoms with E-state index in [-0.39, 0.29) is 11.6 Å². The lowest BCUT2D eigenvalue weighted by molar-refractivity contribution is -0.0129. The summed E-state index contributed by atoms with van der Waals surface area (Å²) in [5.41, 5.74) is 5.36. The van der Waals surface area contributed by atoms with Crippen molar-refractivity contribution in [1.82, 2.24) is 5.32 Å². The normalized spacial score (nSPS) is 49.3. The molecule has 2 amide bonds. The summed E-state index contributed by atoms with van der Waals surface area (Å²) < 4.78 is 0. The van der Waals surface area contributed by atoms with Crippen LogP contribution in [0.15, 0.2) is 0 Å². The minimum absolute atomic E-state index is 0.0978. The lowest BCUT2D eigenvalue weighted by Gasteiger charge is -2.56. The molecule has 4 aliphatic carbocycles. The molecule has 4 rings (SSSR count). The average Bonchev–Trinajstić information content (AvgIpc) is 1.96. The Morgan fingerprint density at radius 3 is 1.86 bits per heavy atom. The molecule has 0 unspecified atom stereocenters. The maximum atomic E-state index is 11.0. The molecule has 4 aliphatic rings. The third kappa shape index (κ3) is 1.22. The zero-order valence-corrected chi connectivity index (χ0v) is 8.46. The van der Waals surface area contributed by atoms with Crippen molar-refractivity contribution in [3.63, 3.8) is 0 Å². The van der Waals surface area contributed by atoms with Crippen molar-refractivity contribution in [2.24, 2.45) is 23.5 Å². The Labute approximate surface area is 84.4 Å². The van der Waals surface area contributed by atoms with E-state index in [1.165, 1.54) is 38.5 Å². The van der Waals surface area contributed by atoms with Crippen LogP contribution in [-0.2, 0) is 0 Å². The van der Waals surface area contributed by atoms with Gasteiger partial charge in [-0.05, 0) is 56.3 Å². The molecule has 0 radical (unpaired) electrons. The number of hydrogen-bond acceptors (Lipinski definition) is 1. The van der Waals surface area contributed by atoms with E-state index in [1.54, 1.807) is 0 Å². The fourth-order valence-electron chi connectivity index (χ4n) is 4.53. The van der Waals surface area contributed by atoms with Crippen molar-refractivity contribution < 1.29 is 4.79 Å². The molecule has 3 heteroatoms. The minimum Gasteiger partial charge on any atom is -0.352 e. The molecule has 14 heavy (non-hydrogen) atoms. The molecule has 0 spiro atoms. The highest BCUT2D eigenvalue weighted by atomic mass is 16.2. The van der Waals surface area contributed by atoms with Crippen molar-refractivity contribution in [3.05, 3.63) is 0 Å². The maximum absolute atomic E-state index is 11.0. The number of nitrogens with one attached hydrogen (secondary N) is 1. The van der Waals surface area contributed by atoms with Gasteiger partial charge in [0, 0.05) is 5.54 Å². The van der Waals surface area contributed by atoms with E-state index in [0.717, 1.165) is 17.8 Å². The van der Waals surface area contributed by atoms with Gasteiger partial charge in [0.2, 0.25) is 0 Å². The summed E-state index contributed by atoms with van der Waals surface area (Å²) in [6.07, 6.45) is 7.75. The van der Waals surface area contributed by atoms with E-state index >= 15 is 0 Å². The highest BCUT2D eigenvalue weighted by Crippen LogP contribution is 2.55. The van der Waals surface area contributed by atoms with Crippen LogP contribution in [0.5, 0.6) is 0 Å². The van der Waals surface area contributed by atoms with Gasteiger partial charge in [0.1, 0.15) is 0 Å². The molecule has 0 atom stereocenters. The molecular formula is C11H18N2O. The summed E-state index contributed by atoms with van der Waals surface area (Å²) in [4.78, 5) is 11.0. The number of nitrogens with two attached hydrogens (primary N) is 1. The Hall–Kier alpha value is -0.730. The number of hydrogen-bond donors (Lipinski definition) is 2. The molecule has 0 aromatic heterocycles. The zero-order valence-electron chi connectivity index (χ0n) is 8.46. The van der Waals surface area contributed by atoms with Gasteiger partial charge < -0.3 is 11.1 Å². The Morgan fingerprint density at radius 1 is 1.07 bits per heavy atom. The number of amides is 2. The number of carbonyl (C=O) groups is 1. The van der Waals surface area contributed by atoms with Crippen molar-refractivity contribution in [1.29, 1.82) is 0 Å². The SMILES string of the molecule is NC(=O)NC12CC3CC(CC(C3)C1)C2. The van der Waals surface area contributed by atoms with Gasteiger partial charge in [-0.2, -0.15) is 0 Å². The number of carbonyl (C=O) groups excluding carboxylic acids is 1. The minimum atomic E-state index is -0.327. The Bertz CT molecular complexity index is 239. The average molecular weight is 194 g/mol. The molecular weight excluding hydrogens is 176 g/mol. The van der Waals surface area contributed by atoms with Gasteiger partial charge in [-0.15, -0.1) is 0 Å². The van der Waals surface area contributed by atoms with Gasteiger partial charge in [0.05, 0.1) is 0 Å². The van der Waals surface area contributed by atoms with E-state index < -0.39 is 0 Å². The molecule has 78 valence electrons. The molecule has 3 nitrogen and oxygen atoms in total. The van der Waals surface area contributed by atoms with Gasteiger partial charge in [-0.3, -0.25) is 0 Å². The standard InChI is InChI=1S/C11H18N2O/c12-10(14)13-11-4-7-1-8(5-11)3-9(2-7)6-11/h7-9H,1-6H2,(H3,12,13,14). The van der Waals surface area contributed by atoms with Crippen molar-refractivity contribution >= 4 is 6.03 Å². The van der Waals surface area contributed by atoms with Crippen LogP contribution in [0.4, 0.5) is 4.79 Å². The van der Waals surface area contributed by atoms with Crippen molar-refractivity contribution in [2.45, 2.75) is 44.1 Å². The first-order valence-electron chi connectivity index (χ1n) is 5.73. The first-order valence-corrected chi connectivity index (χ1v) is 5.73.